The van der Waals surface area contributed by atoms with E-state index < -0.39 is 0 Å². The number of hydrogen-bond donors (Lipinski definition) is 0. The number of piperazine rings is 1. The van der Waals surface area contributed by atoms with E-state index >= 15 is 0 Å². The Labute approximate surface area is 194 Å². The van der Waals surface area contributed by atoms with Crippen LogP contribution in [0.15, 0.2) is 54.6 Å². The number of amides is 1. The first-order valence-electron chi connectivity index (χ1n) is 12.4. The third kappa shape index (κ3) is 6.13. The number of benzene rings is 2. The van der Waals surface area contributed by atoms with Gasteiger partial charge in [0, 0.05) is 58.4 Å². The number of nitrogens with zero attached hydrogens (tertiary/aromatic N) is 3. The molecule has 1 amide bonds. The van der Waals surface area contributed by atoms with Gasteiger partial charge < -0.3 is 9.80 Å². The van der Waals surface area contributed by atoms with Crippen LogP contribution < -0.4 is 4.90 Å². The number of hydrogen-bond acceptors (Lipinski definition) is 3. The average molecular weight is 434 g/mol. The molecule has 2 aliphatic rings. The predicted molar refractivity (Wildman–Crippen MR) is 133 cm³/mol. The maximum atomic E-state index is 12.3. The lowest BCUT2D eigenvalue weighted by molar-refractivity contribution is -0.130. The predicted octanol–water partition coefficient (Wildman–Crippen LogP) is 4.97. The molecule has 32 heavy (non-hydrogen) atoms. The van der Waals surface area contributed by atoms with Crippen LogP contribution in [0.1, 0.15) is 43.7 Å². The summed E-state index contributed by atoms with van der Waals surface area (Å²) in [4.78, 5) is 19.6. The van der Waals surface area contributed by atoms with Crippen molar-refractivity contribution in [2.75, 3.05) is 44.2 Å². The molecule has 4 rings (SSSR count). The fraction of sp³-hybridized carbons (Fsp3) is 0.536. The lowest BCUT2D eigenvalue weighted by Crippen LogP contribution is -2.48. The minimum absolute atomic E-state index is 0.201. The molecule has 0 bridgehead atoms. The van der Waals surface area contributed by atoms with Crippen LogP contribution in [0.5, 0.6) is 0 Å². The Balaban J connectivity index is 1.20. The molecule has 2 aromatic rings. The molecule has 0 unspecified atom stereocenters. The van der Waals surface area contributed by atoms with Crippen molar-refractivity contribution in [3.05, 3.63) is 65.7 Å². The summed E-state index contributed by atoms with van der Waals surface area (Å²) in [7, 11) is 0. The summed E-state index contributed by atoms with van der Waals surface area (Å²) in [6, 6.07) is 19.2. The molecule has 0 N–H and O–H groups in total. The summed E-state index contributed by atoms with van der Waals surface area (Å²) < 4.78 is 0. The van der Waals surface area contributed by atoms with E-state index in [0.29, 0.717) is 5.92 Å². The lowest BCUT2D eigenvalue weighted by Gasteiger charge is -2.39. The van der Waals surface area contributed by atoms with E-state index in [1.54, 1.807) is 6.92 Å². The Bertz CT molecular complexity index is 852. The number of aryl methyl sites for hydroxylation is 1. The molecule has 1 saturated carbocycles. The maximum absolute atomic E-state index is 12.3. The fourth-order valence-corrected chi connectivity index (χ4v) is 5.40. The van der Waals surface area contributed by atoms with Crippen molar-refractivity contribution in [2.45, 2.75) is 46.1 Å². The molecule has 1 aliphatic heterocycles. The van der Waals surface area contributed by atoms with Crippen molar-refractivity contribution in [1.29, 1.82) is 0 Å². The molecule has 2 aromatic carbocycles. The van der Waals surface area contributed by atoms with Gasteiger partial charge in [0.2, 0.25) is 5.91 Å². The highest BCUT2D eigenvalue weighted by atomic mass is 16.2. The molecule has 172 valence electrons. The molecule has 0 spiro atoms. The van der Waals surface area contributed by atoms with Crippen molar-refractivity contribution in [3.63, 3.8) is 0 Å². The van der Waals surface area contributed by atoms with E-state index in [9.17, 15) is 4.79 Å². The molecule has 0 radical (unpaired) electrons. The highest BCUT2D eigenvalue weighted by Crippen LogP contribution is 2.31. The summed E-state index contributed by atoms with van der Waals surface area (Å²) in [5.41, 5.74) is 3.90. The second kappa shape index (κ2) is 11.0. The topological polar surface area (TPSA) is 26.8 Å². The summed E-state index contributed by atoms with van der Waals surface area (Å²) in [5, 5.41) is 0. The van der Waals surface area contributed by atoms with E-state index in [0.717, 1.165) is 32.1 Å². The van der Waals surface area contributed by atoms with Gasteiger partial charge in [-0.05, 0) is 67.7 Å². The maximum Gasteiger partial charge on any atom is 0.219 e. The highest BCUT2D eigenvalue weighted by molar-refractivity contribution is 5.73. The van der Waals surface area contributed by atoms with Crippen molar-refractivity contribution in [2.24, 2.45) is 11.8 Å². The summed E-state index contributed by atoms with van der Waals surface area (Å²) >= 11 is 0. The van der Waals surface area contributed by atoms with Gasteiger partial charge in [0.05, 0.1) is 0 Å². The highest BCUT2D eigenvalue weighted by Gasteiger charge is 2.26. The number of anilines is 1. The summed E-state index contributed by atoms with van der Waals surface area (Å²) in [6.07, 6.45) is 5.12. The number of rotatable bonds is 7. The Morgan fingerprint density at radius 3 is 2.16 bits per heavy atom. The quantitative estimate of drug-likeness (QED) is 0.617. The van der Waals surface area contributed by atoms with Crippen molar-refractivity contribution < 1.29 is 4.79 Å². The van der Waals surface area contributed by atoms with Gasteiger partial charge in [-0.3, -0.25) is 9.69 Å². The van der Waals surface area contributed by atoms with E-state index in [2.05, 4.69) is 76.2 Å². The minimum atomic E-state index is 0.201. The lowest BCUT2D eigenvalue weighted by atomic mass is 9.81. The van der Waals surface area contributed by atoms with Gasteiger partial charge in [-0.1, -0.05) is 42.5 Å². The molecule has 1 heterocycles. The van der Waals surface area contributed by atoms with Crippen LogP contribution in [0.4, 0.5) is 5.69 Å². The van der Waals surface area contributed by atoms with Crippen LogP contribution in [0.2, 0.25) is 0 Å². The van der Waals surface area contributed by atoms with Gasteiger partial charge in [0.15, 0.2) is 0 Å². The first-order chi connectivity index (χ1) is 15.6. The Morgan fingerprint density at radius 1 is 0.875 bits per heavy atom. The van der Waals surface area contributed by atoms with Crippen molar-refractivity contribution >= 4 is 11.6 Å². The van der Waals surface area contributed by atoms with Gasteiger partial charge >= 0.3 is 0 Å². The first kappa shape index (κ1) is 22.8. The van der Waals surface area contributed by atoms with E-state index in [1.165, 1.54) is 62.1 Å². The monoisotopic (exact) mass is 433 g/mol. The normalized spacial score (nSPS) is 22.0. The van der Waals surface area contributed by atoms with Gasteiger partial charge in [0.1, 0.15) is 0 Å². The third-order valence-electron chi connectivity index (χ3n) is 7.52. The van der Waals surface area contributed by atoms with E-state index in [4.69, 9.17) is 0 Å². The molecule has 0 atom stereocenters. The number of carbonyl (C=O) groups excluding carboxylic acids is 1. The molecular formula is C28H39N3O. The standard InChI is InChI=1S/C28H39N3O/c1-23-8-6-7-9-27(23)22-31(24(2)32)21-26-14-12-25(13-15-26)20-29-16-18-30(19-17-29)28-10-4-3-5-11-28/h3-11,25-26H,12-22H2,1-2H3. The van der Waals surface area contributed by atoms with Crippen LogP contribution >= 0.6 is 0 Å². The molecule has 1 saturated heterocycles. The second-order valence-electron chi connectivity index (χ2n) is 9.84. The number of carbonyl (C=O) groups is 1. The van der Waals surface area contributed by atoms with Crippen LogP contribution in [0.25, 0.3) is 0 Å². The van der Waals surface area contributed by atoms with Crippen LogP contribution in [0.3, 0.4) is 0 Å². The van der Waals surface area contributed by atoms with Crippen LogP contribution in [-0.4, -0.2) is 55.0 Å². The second-order valence-corrected chi connectivity index (χ2v) is 9.84. The van der Waals surface area contributed by atoms with Gasteiger partial charge in [-0.25, -0.2) is 0 Å². The molecule has 2 fully saturated rings. The third-order valence-corrected chi connectivity index (χ3v) is 7.52. The zero-order chi connectivity index (χ0) is 22.3. The molecule has 4 heteroatoms. The zero-order valence-electron chi connectivity index (χ0n) is 19.9. The minimum Gasteiger partial charge on any atom is -0.369 e. The first-order valence-corrected chi connectivity index (χ1v) is 12.4. The molecule has 1 aliphatic carbocycles. The van der Waals surface area contributed by atoms with Gasteiger partial charge in [0.25, 0.3) is 0 Å². The summed E-state index contributed by atoms with van der Waals surface area (Å²) in [5.74, 6) is 1.66. The Kier molecular flexibility index (Phi) is 7.85. The molecule has 0 aromatic heterocycles. The number of para-hydroxylation sites is 1. The largest absolute Gasteiger partial charge is 0.369 e. The van der Waals surface area contributed by atoms with Gasteiger partial charge in [-0.2, -0.15) is 0 Å². The fourth-order valence-electron chi connectivity index (χ4n) is 5.40. The van der Waals surface area contributed by atoms with Crippen molar-refractivity contribution in [1.82, 2.24) is 9.80 Å². The smallest absolute Gasteiger partial charge is 0.219 e. The Hall–Kier alpha value is -2.33. The Morgan fingerprint density at radius 2 is 1.50 bits per heavy atom. The van der Waals surface area contributed by atoms with Gasteiger partial charge in [-0.15, -0.1) is 0 Å². The van der Waals surface area contributed by atoms with E-state index in [-0.39, 0.29) is 5.91 Å². The molecular weight excluding hydrogens is 394 g/mol. The molecule has 4 nitrogen and oxygen atoms in total. The SMILES string of the molecule is CC(=O)N(Cc1ccccc1C)CC1CCC(CN2CCN(c3ccccc3)CC2)CC1. The average Bonchev–Trinajstić information content (AvgIpc) is 2.82. The van der Waals surface area contributed by atoms with E-state index in [1.807, 2.05) is 0 Å². The van der Waals surface area contributed by atoms with Crippen LogP contribution in [0, 0.1) is 18.8 Å². The zero-order valence-corrected chi connectivity index (χ0v) is 19.9. The summed E-state index contributed by atoms with van der Waals surface area (Å²) in [6.45, 7) is 11.4. The van der Waals surface area contributed by atoms with Crippen molar-refractivity contribution in [3.8, 4) is 0 Å². The van der Waals surface area contributed by atoms with Crippen LogP contribution in [-0.2, 0) is 11.3 Å².